The van der Waals surface area contributed by atoms with Gasteiger partial charge in [-0.15, -0.1) is 0 Å². The second-order valence-electron chi connectivity index (χ2n) is 16.8. The van der Waals surface area contributed by atoms with Crippen LogP contribution in [-0.4, -0.2) is 9.13 Å². The third kappa shape index (κ3) is 7.01. The van der Waals surface area contributed by atoms with E-state index in [2.05, 4.69) is 18.2 Å². The van der Waals surface area contributed by atoms with Crippen LogP contribution in [0.15, 0.2) is 188 Å². The number of aromatic nitrogens is 2. The Morgan fingerprint density at radius 2 is 0.814 bits per heavy atom. The standard InChI is InChI=1S/C59H31F6N5/c60-58(61,62)41-23-24-44(50(31-41)59(63,64)65)37-22-27-55(69-51-17-7-5-15-45(51)47-28-35(20-25-53(47)69)42-13-3-1-10-38(42)32-66)49(30-37)57-40(34-68)12-9-19-56(57)70-52-18-8-6-16-46(52)48-29-36(21-26-54(48)70)43-14-4-2-11-39(43)33-67/h1-31H. The fraction of sp³-hybridized carbons (Fsp3) is 0.0339. The number of nitrogens with zero attached hydrogens (tertiary/aromatic N) is 5. The van der Waals surface area contributed by atoms with E-state index in [1.54, 1.807) is 42.5 Å². The summed E-state index contributed by atoms with van der Waals surface area (Å²) in [5.74, 6) is 0. The lowest BCUT2D eigenvalue weighted by molar-refractivity contribution is -0.142. The van der Waals surface area contributed by atoms with Gasteiger partial charge in [0.25, 0.3) is 0 Å². The van der Waals surface area contributed by atoms with E-state index in [0.29, 0.717) is 45.2 Å². The predicted molar refractivity (Wildman–Crippen MR) is 261 cm³/mol. The third-order valence-corrected chi connectivity index (χ3v) is 12.9. The molecule has 0 aliphatic rings. The Balaban J connectivity index is 1.24. The van der Waals surface area contributed by atoms with Gasteiger partial charge < -0.3 is 9.13 Å². The van der Waals surface area contributed by atoms with Gasteiger partial charge in [0.2, 0.25) is 0 Å². The summed E-state index contributed by atoms with van der Waals surface area (Å²) in [4.78, 5) is 0. The zero-order valence-corrected chi connectivity index (χ0v) is 36.4. The number of fused-ring (bicyclic) bond motifs is 6. The number of rotatable bonds is 6. The molecule has 2 heterocycles. The number of hydrogen-bond acceptors (Lipinski definition) is 3. The van der Waals surface area contributed by atoms with Crippen LogP contribution in [0.3, 0.4) is 0 Å². The van der Waals surface area contributed by atoms with E-state index in [1.165, 1.54) is 12.1 Å². The summed E-state index contributed by atoms with van der Waals surface area (Å²) < 4.78 is 90.9. The van der Waals surface area contributed by atoms with Crippen LogP contribution in [0, 0.1) is 34.0 Å². The Hall–Kier alpha value is -9.37. The smallest absolute Gasteiger partial charge is 0.309 e. The molecule has 0 N–H and O–H groups in total. The zero-order chi connectivity index (χ0) is 48.5. The van der Waals surface area contributed by atoms with Crippen molar-refractivity contribution >= 4 is 43.6 Å². The molecule has 334 valence electrons. The maximum absolute atomic E-state index is 15.0. The Morgan fingerprint density at radius 3 is 1.36 bits per heavy atom. The first-order chi connectivity index (χ1) is 33.9. The Labute approximate surface area is 395 Å². The molecule has 0 unspecified atom stereocenters. The van der Waals surface area contributed by atoms with Gasteiger partial charge in [0.1, 0.15) is 0 Å². The highest BCUT2D eigenvalue weighted by Gasteiger charge is 2.39. The second kappa shape index (κ2) is 16.4. The van der Waals surface area contributed by atoms with Crippen LogP contribution in [0.1, 0.15) is 27.8 Å². The molecule has 0 saturated carbocycles. The van der Waals surface area contributed by atoms with Crippen molar-refractivity contribution in [3.63, 3.8) is 0 Å². The highest BCUT2D eigenvalue weighted by atomic mass is 19.4. The first-order valence-electron chi connectivity index (χ1n) is 21.9. The number of benzene rings is 9. The van der Waals surface area contributed by atoms with Gasteiger partial charge in [0, 0.05) is 32.7 Å². The number of halogens is 6. The molecule has 0 bridgehead atoms. The molecule has 0 spiro atoms. The van der Waals surface area contributed by atoms with Crippen LogP contribution < -0.4 is 0 Å². The quantitative estimate of drug-likeness (QED) is 0.156. The van der Waals surface area contributed by atoms with Gasteiger partial charge in [-0.05, 0) is 118 Å². The van der Waals surface area contributed by atoms with Gasteiger partial charge in [-0.3, -0.25) is 0 Å². The van der Waals surface area contributed by atoms with Crippen LogP contribution in [0.4, 0.5) is 26.3 Å². The lowest BCUT2D eigenvalue weighted by Crippen LogP contribution is -2.12. The Morgan fingerprint density at radius 1 is 0.343 bits per heavy atom. The average molecular weight is 924 g/mol. The van der Waals surface area contributed by atoms with Crippen molar-refractivity contribution in [2.24, 2.45) is 0 Å². The minimum absolute atomic E-state index is 0.0299. The number of nitriles is 3. The van der Waals surface area contributed by atoms with Crippen LogP contribution in [0.25, 0.3) is 99.5 Å². The summed E-state index contributed by atoms with van der Waals surface area (Å²) in [5, 5.41) is 34.4. The van der Waals surface area contributed by atoms with Gasteiger partial charge in [-0.25, -0.2) is 0 Å². The molecule has 0 fully saturated rings. The molecule has 2 aromatic heterocycles. The molecule has 70 heavy (non-hydrogen) atoms. The van der Waals surface area contributed by atoms with Crippen LogP contribution in [0.5, 0.6) is 0 Å². The second-order valence-corrected chi connectivity index (χ2v) is 16.8. The van der Waals surface area contributed by atoms with Gasteiger partial charge >= 0.3 is 12.4 Å². The van der Waals surface area contributed by atoms with Gasteiger partial charge in [0.15, 0.2) is 0 Å². The molecule has 0 amide bonds. The minimum Gasteiger partial charge on any atom is -0.309 e. The highest BCUT2D eigenvalue weighted by molar-refractivity contribution is 6.13. The molecule has 0 radical (unpaired) electrons. The van der Waals surface area contributed by atoms with E-state index in [-0.39, 0.29) is 17.2 Å². The van der Waals surface area contributed by atoms with Crippen molar-refractivity contribution in [3.8, 4) is 74.1 Å². The molecule has 11 heteroatoms. The lowest BCUT2D eigenvalue weighted by Gasteiger charge is -2.22. The summed E-state index contributed by atoms with van der Waals surface area (Å²) in [5.41, 5.74) is 5.38. The first-order valence-corrected chi connectivity index (χ1v) is 21.9. The van der Waals surface area contributed by atoms with E-state index in [4.69, 9.17) is 0 Å². The van der Waals surface area contributed by atoms with Crippen molar-refractivity contribution in [1.29, 1.82) is 15.8 Å². The molecule has 5 nitrogen and oxygen atoms in total. The molecule has 0 atom stereocenters. The molecular formula is C59H31F6N5. The van der Waals surface area contributed by atoms with E-state index in [1.807, 2.05) is 124 Å². The summed E-state index contributed by atoms with van der Waals surface area (Å²) >= 11 is 0. The summed E-state index contributed by atoms with van der Waals surface area (Å²) in [7, 11) is 0. The van der Waals surface area contributed by atoms with Gasteiger partial charge in [0.05, 0.1) is 79.5 Å². The highest BCUT2D eigenvalue weighted by Crippen LogP contribution is 2.47. The van der Waals surface area contributed by atoms with E-state index < -0.39 is 29.0 Å². The number of hydrogen-bond donors (Lipinski definition) is 0. The zero-order valence-electron chi connectivity index (χ0n) is 36.4. The SMILES string of the molecule is N#Cc1ccccc1-c1ccc2c(c1)c1ccccc1n2-c1ccc(-c2ccc(C(F)(F)F)cc2C(F)(F)F)cc1-c1c(C#N)cccc1-n1c2ccccc2c2cc(-c3ccccc3C#N)ccc21. The molecule has 0 saturated heterocycles. The van der Waals surface area contributed by atoms with Gasteiger partial charge in [-0.1, -0.05) is 103 Å². The summed E-state index contributed by atoms with van der Waals surface area (Å²) in [6.07, 6.45) is -10.2. The average Bonchev–Trinajstić information content (AvgIpc) is 3.89. The monoisotopic (exact) mass is 923 g/mol. The molecule has 9 aromatic carbocycles. The number of para-hydroxylation sites is 2. The maximum atomic E-state index is 15.0. The fourth-order valence-corrected chi connectivity index (χ4v) is 9.87. The van der Waals surface area contributed by atoms with Crippen molar-refractivity contribution in [3.05, 3.63) is 216 Å². The van der Waals surface area contributed by atoms with E-state index in [9.17, 15) is 42.1 Å². The topological polar surface area (TPSA) is 81.2 Å². The first kappa shape index (κ1) is 43.2. The summed E-state index contributed by atoms with van der Waals surface area (Å²) in [6, 6.07) is 59.9. The maximum Gasteiger partial charge on any atom is 0.417 e. The number of alkyl halides is 6. The van der Waals surface area contributed by atoms with E-state index in [0.717, 1.165) is 66.4 Å². The third-order valence-electron chi connectivity index (χ3n) is 12.9. The van der Waals surface area contributed by atoms with E-state index >= 15 is 0 Å². The Kier molecular flexibility index (Phi) is 10.2. The molecule has 0 aliphatic heterocycles. The van der Waals surface area contributed by atoms with Crippen molar-refractivity contribution in [2.45, 2.75) is 12.4 Å². The van der Waals surface area contributed by atoms with Crippen molar-refractivity contribution in [1.82, 2.24) is 9.13 Å². The summed E-state index contributed by atoms with van der Waals surface area (Å²) in [6.45, 7) is 0. The normalized spacial score (nSPS) is 11.8. The van der Waals surface area contributed by atoms with Crippen LogP contribution in [-0.2, 0) is 12.4 Å². The Bertz CT molecular complexity index is 4100. The predicted octanol–water partition coefficient (Wildman–Crippen LogP) is 16.2. The fourth-order valence-electron chi connectivity index (χ4n) is 9.87. The largest absolute Gasteiger partial charge is 0.417 e. The lowest BCUT2D eigenvalue weighted by atomic mass is 9.90. The minimum atomic E-state index is -5.17. The molecule has 0 aliphatic carbocycles. The van der Waals surface area contributed by atoms with Crippen molar-refractivity contribution in [2.75, 3.05) is 0 Å². The molecule has 11 aromatic rings. The van der Waals surface area contributed by atoms with Crippen LogP contribution >= 0.6 is 0 Å². The van der Waals surface area contributed by atoms with Gasteiger partial charge in [-0.2, -0.15) is 42.1 Å². The molecular weight excluding hydrogens is 893 g/mol. The van der Waals surface area contributed by atoms with Crippen LogP contribution in [0.2, 0.25) is 0 Å². The van der Waals surface area contributed by atoms with Crippen molar-refractivity contribution < 1.29 is 26.3 Å². The molecule has 11 rings (SSSR count).